The lowest BCUT2D eigenvalue weighted by molar-refractivity contribution is -0.128. The Morgan fingerprint density at radius 1 is 1.50 bits per heavy atom. The van der Waals surface area contributed by atoms with Crippen LogP contribution in [-0.4, -0.2) is 11.9 Å². The number of carbonyl (C=O) groups is 1. The Labute approximate surface area is 96.0 Å². The molecule has 1 aromatic rings. The molecule has 1 aliphatic carbocycles. The maximum absolute atomic E-state index is 11.7. The molecule has 3 heteroatoms. The van der Waals surface area contributed by atoms with Gasteiger partial charge in [0.25, 0.3) is 0 Å². The maximum atomic E-state index is 11.7. The Morgan fingerprint density at radius 2 is 2.25 bits per heavy atom. The molecule has 0 atom stereocenters. The van der Waals surface area contributed by atoms with Crippen molar-refractivity contribution in [2.45, 2.75) is 32.4 Å². The maximum Gasteiger partial charge on any atom is 0.223 e. The lowest BCUT2D eigenvalue weighted by atomic mass is 9.80. The molecule has 3 nitrogen and oxygen atoms in total. The molecule has 86 valence electrons. The Balaban J connectivity index is 1.81. The molecule has 0 spiro atoms. The molecule has 1 amide bonds. The molecule has 3 N–H and O–H groups in total. The fourth-order valence-corrected chi connectivity index (χ4v) is 2.03. The second kappa shape index (κ2) is 4.66. The van der Waals surface area contributed by atoms with Crippen LogP contribution in [0.2, 0.25) is 0 Å². The zero-order chi connectivity index (χ0) is 11.5. The monoisotopic (exact) mass is 218 g/mol. The number of carbonyl (C=O) groups excluding carboxylic acids is 1. The fourth-order valence-electron chi connectivity index (χ4n) is 2.03. The highest BCUT2D eigenvalue weighted by Gasteiger charge is 2.31. The van der Waals surface area contributed by atoms with Crippen molar-refractivity contribution in [1.82, 2.24) is 5.32 Å². The van der Waals surface area contributed by atoms with Crippen LogP contribution >= 0.6 is 0 Å². The topological polar surface area (TPSA) is 55.1 Å². The highest BCUT2D eigenvalue weighted by Crippen LogP contribution is 2.25. The van der Waals surface area contributed by atoms with E-state index in [0.717, 1.165) is 18.4 Å². The van der Waals surface area contributed by atoms with E-state index in [-0.39, 0.29) is 17.9 Å². The third-order valence-electron chi connectivity index (χ3n) is 3.09. The molecule has 2 rings (SSSR count). The molecule has 1 aromatic carbocycles. The van der Waals surface area contributed by atoms with Crippen molar-refractivity contribution < 1.29 is 4.79 Å². The number of nitrogens with two attached hydrogens (primary N) is 1. The quantitative estimate of drug-likeness (QED) is 0.804. The average Bonchev–Trinajstić information content (AvgIpc) is 2.22. The molecule has 1 fully saturated rings. The van der Waals surface area contributed by atoms with E-state index in [2.05, 4.69) is 24.4 Å². The second-order valence-electron chi connectivity index (χ2n) is 4.64. The third kappa shape index (κ3) is 2.61. The zero-order valence-corrected chi connectivity index (χ0v) is 9.57. The van der Waals surface area contributed by atoms with E-state index in [9.17, 15) is 4.79 Å². The molecule has 1 saturated carbocycles. The molecule has 0 aromatic heterocycles. The van der Waals surface area contributed by atoms with Crippen LogP contribution in [0.15, 0.2) is 24.3 Å². The highest BCUT2D eigenvalue weighted by atomic mass is 16.1. The summed E-state index contributed by atoms with van der Waals surface area (Å²) in [6.07, 6.45) is 1.67. The van der Waals surface area contributed by atoms with Crippen LogP contribution in [0.3, 0.4) is 0 Å². The number of amides is 1. The van der Waals surface area contributed by atoms with Crippen molar-refractivity contribution >= 4 is 5.91 Å². The number of hydrogen-bond donors (Lipinski definition) is 2. The molecule has 0 saturated heterocycles. The Morgan fingerprint density at radius 3 is 2.88 bits per heavy atom. The van der Waals surface area contributed by atoms with E-state index >= 15 is 0 Å². The Kier molecular flexibility index (Phi) is 3.25. The van der Waals surface area contributed by atoms with E-state index in [1.54, 1.807) is 0 Å². The van der Waals surface area contributed by atoms with Gasteiger partial charge in [-0.2, -0.15) is 0 Å². The smallest absolute Gasteiger partial charge is 0.223 e. The minimum atomic E-state index is 0.139. The molecule has 0 heterocycles. The van der Waals surface area contributed by atoms with Crippen molar-refractivity contribution in [2.75, 3.05) is 0 Å². The van der Waals surface area contributed by atoms with Crippen LogP contribution in [0, 0.1) is 12.8 Å². The van der Waals surface area contributed by atoms with Crippen LogP contribution in [0.4, 0.5) is 0 Å². The molecule has 1 aliphatic rings. The molecule has 0 unspecified atom stereocenters. The summed E-state index contributed by atoms with van der Waals surface area (Å²) in [6.45, 7) is 2.67. The van der Waals surface area contributed by atoms with Gasteiger partial charge in [-0.15, -0.1) is 0 Å². The van der Waals surface area contributed by atoms with E-state index in [1.807, 2.05) is 12.1 Å². The fraction of sp³-hybridized carbons (Fsp3) is 0.462. The number of rotatable bonds is 3. The molecule has 0 bridgehead atoms. The van der Waals surface area contributed by atoms with E-state index < -0.39 is 0 Å². The van der Waals surface area contributed by atoms with Crippen LogP contribution in [-0.2, 0) is 11.3 Å². The predicted octanol–water partition coefficient (Wildman–Crippen LogP) is 1.35. The first-order chi connectivity index (χ1) is 7.65. The van der Waals surface area contributed by atoms with E-state index in [1.165, 1.54) is 5.56 Å². The van der Waals surface area contributed by atoms with Gasteiger partial charge in [-0.25, -0.2) is 0 Å². The lowest BCUT2D eigenvalue weighted by Gasteiger charge is -2.31. The van der Waals surface area contributed by atoms with E-state index in [4.69, 9.17) is 5.73 Å². The van der Waals surface area contributed by atoms with Crippen molar-refractivity contribution in [3.05, 3.63) is 35.4 Å². The zero-order valence-electron chi connectivity index (χ0n) is 9.57. The van der Waals surface area contributed by atoms with Gasteiger partial charge in [0, 0.05) is 18.5 Å². The standard InChI is InChI=1S/C13H18N2O/c1-9-3-2-4-10(5-9)8-15-13(16)11-6-12(14)7-11/h2-5,11-12H,6-8,14H2,1H3,(H,15,16). The van der Waals surface area contributed by atoms with Crippen LogP contribution < -0.4 is 11.1 Å². The van der Waals surface area contributed by atoms with Gasteiger partial charge in [0.05, 0.1) is 0 Å². The van der Waals surface area contributed by atoms with Gasteiger partial charge in [-0.05, 0) is 25.3 Å². The summed E-state index contributed by atoms with van der Waals surface area (Å²) < 4.78 is 0. The molecule has 16 heavy (non-hydrogen) atoms. The molecular weight excluding hydrogens is 200 g/mol. The Hall–Kier alpha value is -1.35. The summed E-state index contributed by atoms with van der Waals surface area (Å²) in [4.78, 5) is 11.7. The SMILES string of the molecule is Cc1cccc(CNC(=O)C2CC(N)C2)c1. The lowest BCUT2D eigenvalue weighted by Crippen LogP contribution is -2.44. The number of hydrogen-bond acceptors (Lipinski definition) is 2. The highest BCUT2D eigenvalue weighted by molar-refractivity contribution is 5.79. The van der Waals surface area contributed by atoms with Crippen molar-refractivity contribution in [1.29, 1.82) is 0 Å². The van der Waals surface area contributed by atoms with Crippen LogP contribution in [0.5, 0.6) is 0 Å². The van der Waals surface area contributed by atoms with Gasteiger partial charge in [-0.1, -0.05) is 29.8 Å². The van der Waals surface area contributed by atoms with Crippen LogP contribution in [0.25, 0.3) is 0 Å². The summed E-state index contributed by atoms with van der Waals surface area (Å²) in [7, 11) is 0. The molecule has 0 aliphatic heterocycles. The minimum absolute atomic E-state index is 0.139. The summed E-state index contributed by atoms with van der Waals surface area (Å²) in [5.74, 6) is 0.281. The van der Waals surface area contributed by atoms with Crippen molar-refractivity contribution in [3.63, 3.8) is 0 Å². The van der Waals surface area contributed by atoms with Crippen molar-refractivity contribution in [2.24, 2.45) is 11.7 Å². The molecule has 0 radical (unpaired) electrons. The minimum Gasteiger partial charge on any atom is -0.352 e. The summed E-state index contributed by atoms with van der Waals surface area (Å²) in [5.41, 5.74) is 8.02. The van der Waals surface area contributed by atoms with E-state index in [0.29, 0.717) is 6.54 Å². The van der Waals surface area contributed by atoms with Gasteiger partial charge in [0.1, 0.15) is 0 Å². The average molecular weight is 218 g/mol. The first-order valence-electron chi connectivity index (χ1n) is 5.74. The van der Waals surface area contributed by atoms with Crippen molar-refractivity contribution in [3.8, 4) is 0 Å². The van der Waals surface area contributed by atoms with Gasteiger partial charge in [0.2, 0.25) is 5.91 Å². The van der Waals surface area contributed by atoms with Crippen LogP contribution in [0.1, 0.15) is 24.0 Å². The largest absolute Gasteiger partial charge is 0.352 e. The van der Waals surface area contributed by atoms with Gasteiger partial charge >= 0.3 is 0 Å². The first-order valence-corrected chi connectivity index (χ1v) is 5.74. The normalized spacial score (nSPS) is 23.6. The first kappa shape index (κ1) is 11.1. The predicted molar refractivity (Wildman–Crippen MR) is 63.7 cm³/mol. The van der Waals surface area contributed by atoms with Gasteiger partial charge < -0.3 is 11.1 Å². The third-order valence-corrected chi connectivity index (χ3v) is 3.09. The summed E-state index contributed by atoms with van der Waals surface area (Å²) >= 11 is 0. The summed E-state index contributed by atoms with van der Waals surface area (Å²) in [5, 5.41) is 2.95. The summed E-state index contributed by atoms with van der Waals surface area (Å²) in [6, 6.07) is 8.41. The number of aryl methyl sites for hydroxylation is 1. The number of nitrogens with one attached hydrogen (secondary N) is 1. The Bertz CT molecular complexity index is 383. The van der Waals surface area contributed by atoms with Gasteiger partial charge in [-0.3, -0.25) is 4.79 Å². The number of benzene rings is 1. The van der Waals surface area contributed by atoms with Gasteiger partial charge in [0.15, 0.2) is 0 Å². The molecular formula is C13H18N2O. The second-order valence-corrected chi connectivity index (χ2v) is 4.64.